The molecule has 0 N–H and O–H groups in total. The van der Waals surface area contributed by atoms with Crippen LogP contribution < -0.4 is 9.64 Å². The number of anilines is 2. The van der Waals surface area contributed by atoms with E-state index in [1.165, 1.54) is 24.7 Å². The quantitative estimate of drug-likeness (QED) is 0.610. The molecule has 34 heavy (non-hydrogen) atoms. The molecule has 0 bridgehead atoms. The summed E-state index contributed by atoms with van der Waals surface area (Å²) in [7, 11) is -0.453. The molecule has 0 spiro atoms. The Morgan fingerprint density at radius 3 is 2.38 bits per heavy atom. The first kappa shape index (κ1) is 24.2. The molecule has 0 saturated carbocycles. The van der Waals surface area contributed by atoms with Crippen LogP contribution in [0, 0.1) is 0 Å². The molecular weight excluding hydrogens is 458 g/mol. The van der Waals surface area contributed by atoms with Crippen molar-refractivity contribution in [3.8, 4) is 5.88 Å². The van der Waals surface area contributed by atoms with Gasteiger partial charge < -0.3 is 19.3 Å². The predicted octanol–water partition coefficient (Wildman–Crippen LogP) is 2.81. The van der Waals surface area contributed by atoms with Crippen LogP contribution in [0.3, 0.4) is 0 Å². The van der Waals surface area contributed by atoms with Gasteiger partial charge in [0.15, 0.2) is 0 Å². The Labute approximate surface area is 200 Å². The van der Waals surface area contributed by atoms with Crippen LogP contribution in [0.25, 0.3) is 0 Å². The highest BCUT2D eigenvalue weighted by atomic mass is 32.2. The van der Waals surface area contributed by atoms with Crippen LogP contribution in [0.5, 0.6) is 5.88 Å². The number of aromatic nitrogens is 2. The molecule has 0 atom stereocenters. The lowest BCUT2D eigenvalue weighted by atomic mass is 10.1. The molecule has 184 valence electrons. The first-order valence-electron chi connectivity index (χ1n) is 11.4. The molecule has 1 aromatic carbocycles. The molecule has 1 fully saturated rings. The number of ether oxygens (including phenoxy) is 2. The Hall–Kier alpha value is -2.92. The minimum Gasteiger partial charge on any atom is -0.474 e. The van der Waals surface area contributed by atoms with Gasteiger partial charge in [0.1, 0.15) is 18.2 Å². The van der Waals surface area contributed by atoms with Crippen LogP contribution in [0.15, 0.2) is 35.5 Å². The fourth-order valence-electron chi connectivity index (χ4n) is 4.12. The summed E-state index contributed by atoms with van der Waals surface area (Å²) >= 11 is 0. The number of sulfonamides is 1. The summed E-state index contributed by atoms with van der Waals surface area (Å²) in [5, 5.41) is 0. The number of carbonyl (C=O) groups is 1. The zero-order valence-corrected chi connectivity index (χ0v) is 20.8. The maximum atomic E-state index is 12.3. The first-order valence-corrected chi connectivity index (χ1v) is 12.9. The van der Waals surface area contributed by atoms with Gasteiger partial charge >= 0.3 is 6.09 Å². The first-order chi connectivity index (χ1) is 16.2. The van der Waals surface area contributed by atoms with E-state index in [1.54, 1.807) is 29.2 Å². The molecular formula is C23H31N5O5S. The second-order valence-corrected chi connectivity index (χ2v) is 11.1. The van der Waals surface area contributed by atoms with Crippen LogP contribution in [-0.4, -0.2) is 79.6 Å². The van der Waals surface area contributed by atoms with Gasteiger partial charge in [0.25, 0.3) is 0 Å². The van der Waals surface area contributed by atoms with Gasteiger partial charge in [-0.25, -0.2) is 27.5 Å². The van der Waals surface area contributed by atoms with Crippen molar-refractivity contribution in [2.45, 2.75) is 50.2 Å². The Kier molecular flexibility index (Phi) is 6.94. The molecule has 11 heteroatoms. The zero-order chi connectivity index (χ0) is 24.5. The van der Waals surface area contributed by atoms with Gasteiger partial charge in [0.2, 0.25) is 15.9 Å². The maximum Gasteiger partial charge on any atom is 0.410 e. The number of fused-ring (bicyclic) bond motifs is 1. The molecule has 2 aromatic rings. The normalized spacial score (nSPS) is 16.8. The lowest BCUT2D eigenvalue weighted by Crippen LogP contribution is -2.42. The molecule has 0 aliphatic carbocycles. The number of nitrogens with zero attached hydrogens (tertiary/aromatic N) is 5. The summed E-state index contributed by atoms with van der Waals surface area (Å²) in [5.41, 5.74) is 1.80. The van der Waals surface area contributed by atoms with E-state index in [9.17, 15) is 13.2 Å². The van der Waals surface area contributed by atoms with E-state index in [1.807, 2.05) is 18.7 Å². The minimum absolute atomic E-state index is 0.0355. The lowest BCUT2D eigenvalue weighted by molar-refractivity contribution is 0.0505. The van der Waals surface area contributed by atoms with Gasteiger partial charge in [-0.05, 0) is 44.5 Å². The zero-order valence-electron chi connectivity index (χ0n) is 20.0. The highest BCUT2D eigenvalue weighted by Crippen LogP contribution is 2.37. The summed E-state index contributed by atoms with van der Waals surface area (Å²) < 4.78 is 37.4. The van der Waals surface area contributed by atoms with E-state index >= 15 is 0 Å². The average Bonchev–Trinajstić information content (AvgIpc) is 3.24. The monoisotopic (exact) mass is 489 g/mol. The number of piperidine rings is 1. The Morgan fingerprint density at radius 2 is 1.76 bits per heavy atom. The van der Waals surface area contributed by atoms with Crippen molar-refractivity contribution in [3.05, 3.63) is 36.2 Å². The third-order valence-electron chi connectivity index (χ3n) is 5.97. The highest BCUT2D eigenvalue weighted by molar-refractivity contribution is 7.89. The summed E-state index contributed by atoms with van der Waals surface area (Å²) in [6.45, 7) is 5.54. The van der Waals surface area contributed by atoms with E-state index in [0.29, 0.717) is 38.4 Å². The molecule has 1 saturated heterocycles. The van der Waals surface area contributed by atoms with E-state index < -0.39 is 10.0 Å². The fourth-order valence-corrected chi connectivity index (χ4v) is 5.02. The van der Waals surface area contributed by atoms with E-state index in [0.717, 1.165) is 23.5 Å². The van der Waals surface area contributed by atoms with Gasteiger partial charge in [0.05, 0.1) is 16.6 Å². The Morgan fingerprint density at radius 1 is 1.09 bits per heavy atom. The van der Waals surface area contributed by atoms with Crippen LogP contribution in [0.2, 0.25) is 0 Å². The molecule has 0 unspecified atom stereocenters. The second-order valence-electron chi connectivity index (χ2n) is 8.90. The SMILES string of the molecule is CC(C)OC(=O)N1CCC(Oc2ncnc3c2CCN3c2ccc(S(=O)(=O)N(C)C)cc2)CC1. The number of rotatable bonds is 6. The Bertz CT molecular complexity index is 1130. The van der Waals surface area contributed by atoms with Crippen molar-refractivity contribution in [3.63, 3.8) is 0 Å². The fraction of sp³-hybridized carbons (Fsp3) is 0.522. The predicted molar refractivity (Wildman–Crippen MR) is 127 cm³/mol. The van der Waals surface area contributed by atoms with E-state index in [4.69, 9.17) is 9.47 Å². The van der Waals surface area contributed by atoms with Crippen molar-refractivity contribution < 1.29 is 22.7 Å². The van der Waals surface area contributed by atoms with Gasteiger partial charge in [-0.1, -0.05) is 0 Å². The number of hydrogen-bond donors (Lipinski definition) is 0. The van der Waals surface area contributed by atoms with E-state index in [-0.39, 0.29) is 23.2 Å². The van der Waals surface area contributed by atoms with Gasteiger partial charge in [-0.3, -0.25) is 0 Å². The number of benzene rings is 1. The van der Waals surface area contributed by atoms with Crippen LogP contribution in [0.1, 0.15) is 32.3 Å². The minimum atomic E-state index is -3.48. The summed E-state index contributed by atoms with van der Waals surface area (Å²) in [5.74, 6) is 1.34. The molecule has 1 aromatic heterocycles. The number of likely N-dealkylation sites (tertiary alicyclic amines) is 1. The second kappa shape index (κ2) is 9.75. The largest absolute Gasteiger partial charge is 0.474 e. The van der Waals surface area contributed by atoms with Gasteiger partial charge in [-0.2, -0.15) is 0 Å². The number of carbonyl (C=O) groups excluding carboxylic acids is 1. The summed E-state index contributed by atoms with van der Waals surface area (Å²) in [6, 6.07) is 6.80. The standard InChI is InChI=1S/C23H31N5O5S/c1-16(2)32-23(29)27-12-9-18(10-13-27)33-22-20-11-14-28(21(20)24-15-25-22)17-5-7-19(8-6-17)34(30,31)26(3)4/h5-8,15-16,18H,9-14H2,1-4H3. The van der Waals surface area contributed by atoms with Crippen molar-refractivity contribution in [1.82, 2.24) is 19.2 Å². The topological polar surface area (TPSA) is 105 Å². The number of hydrogen-bond acceptors (Lipinski definition) is 8. The molecule has 0 radical (unpaired) electrons. The van der Waals surface area contributed by atoms with Crippen LogP contribution >= 0.6 is 0 Å². The average molecular weight is 490 g/mol. The third-order valence-corrected chi connectivity index (χ3v) is 7.80. The third kappa shape index (κ3) is 4.95. The number of amides is 1. The molecule has 3 heterocycles. The van der Waals surface area contributed by atoms with Crippen LogP contribution in [-0.2, 0) is 21.2 Å². The highest BCUT2D eigenvalue weighted by Gasteiger charge is 2.30. The van der Waals surface area contributed by atoms with Crippen molar-refractivity contribution >= 4 is 27.6 Å². The maximum absolute atomic E-state index is 12.3. The summed E-state index contributed by atoms with van der Waals surface area (Å²) in [6.07, 6.45) is 3.18. The van der Waals surface area contributed by atoms with Crippen molar-refractivity contribution in [2.75, 3.05) is 38.6 Å². The molecule has 1 amide bonds. The van der Waals surface area contributed by atoms with Gasteiger partial charge in [0, 0.05) is 52.3 Å². The summed E-state index contributed by atoms with van der Waals surface area (Å²) in [4.78, 5) is 25.0. The van der Waals surface area contributed by atoms with E-state index in [2.05, 4.69) is 9.97 Å². The molecule has 2 aliphatic rings. The smallest absolute Gasteiger partial charge is 0.410 e. The molecule has 2 aliphatic heterocycles. The van der Waals surface area contributed by atoms with Gasteiger partial charge in [-0.15, -0.1) is 0 Å². The van der Waals surface area contributed by atoms with Crippen molar-refractivity contribution in [2.24, 2.45) is 0 Å². The van der Waals surface area contributed by atoms with Crippen molar-refractivity contribution in [1.29, 1.82) is 0 Å². The molecule has 10 nitrogen and oxygen atoms in total. The lowest BCUT2D eigenvalue weighted by Gasteiger charge is -2.32. The Balaban J connectivity index is 1.44. The van der Waals surface area contributed by atoms with Crippen LogP contribution in [0.4, 0.5) is 16.3 Å². The molecule has 4 rings (SSSR count).